The second-order valence-corrected chi connectivity index (χ2v) is 4.14. The third kappa shape index (κ3) is 3.15. The van der Waals surface area contributed by atoms with Gasteiger partial charge in [-0.05, 0) is 6.42 Å². The molecule has 0 saturated heterocycles. The number of thiazole rings is 1. The molecule has 1 aromatic rings. The quantitative estimate of drug-likeness (QED) is 0.627. The van der Waals surface area contributed by atoms with Crippen molar-refractivity contribution in [3.05, 3.63) is 16.1 Å². The molecule has 0 fully saturated rings. The van der Waals surface area contributed by atoms with Crippen molar-refractivity contribution in [2.45, 2.75) is 32.0 Å². The highest BCUT2D eigenvalue weighted by atomic mass is 32.1. The summed E-state index contributed by atoms with van der Waals surface area (Å²) in [4.78, 5) is 3.86. The van der Waals surface area contributed by atoms with E-state index in [2.05, 4.69) is 10.4 Å². The number of rotatable bonds is 4. The van der Waals surface area contributed by atoms with E-state index < -0.39 is 11.2 Å². The molecule has 1 aromatic heterocycles. The molecule has 1 atom stereocenters. The van der Waals surface area contributed by atoms with E-state index in [1.807, 2.05) is 6.92 Å². The minimum atomic E-state index is -4.37. The van der Waals surface area contributed by atoms with Crippen molar-refractivity contribution in [3.63, 3.8) is 0 Å². The molecule has 0 aliphatic carbocycles. The van der Waals surface area contributed by atoms with Crippen molar-refractivity contribution >= 4 is 11.3 Å². The van der Waals surface area contributed by atoms with Crippen LogP contribution < -0.4 is 11.3 Å². The van der Waals surface area contributed by atoms with Gasteiger partial charge in [0, 0.05) is 11.1 Å². The third-order valence-corrected chi connectivity index (χ3v) is 3.04. The number of aromatic nitrogens is 1. The fourth-order valence-corrected chi connectivity index (χ4v) is 2.05. The molecule has 0 radical (unpaired) electrons. The van der Waals surface area contributed by atoms with Crippen LogP contribution in [0.4, 0.5) is 13.2 Å². The van der Waals surface area contributed by atoms with Crippen molar-refractivity contribution in [1.82, 2.24) is 10.4 Å². The van der Waals surface area contributed by atoms with Gasteiger partial charge in [0.05, 0.1) is 6.04 Å². The van der Waals surface area contributed by atoms with Crippen LogP contribution in [-0.2, 0) is 6.18 Å². The maximum atomic E-state index is 12.3. The molecule has 0 aliphatic rings. The van der Waals surface area contributed by atoms with Crippen molar-refractivity contribution in [1.29, 1.82) is 0 Å². The first kappa shape index (κ1) is 12.4. The molecule has 7 heteroatoms. The zero-order chi connectivity index (χ0) is 11.5. The summed E-state index contributed by atoms with van der Waals surface area (Å²) in [6, 6.07) is -0.247. The van der Waals surface area contributed by atoms with Crippen LogP contribution in [0.2, 0.25) is 0 Å². The Labute approximate surface area is 89.5 Å². The lowest BCUT2D eigenvalue weighted by molar-refractivity contribution is -0.137. The van der Waals surface area contributed by atoms with Gasteiger partial charge in [-0.15, -0.1) is 11.3 Å². The second kappa shape index (κ2) is 4.91. The predicted octanol–water partition coefficient (Wildman–Crippen LogP) is 2.47. The molecular formula is C8H12F3N3S. The number of nitrogens with one attached hydrogen (secondary N) is 1. The summed E-state index contributed by atoms with van der Waals surface area (Å²) in [5, 5.41) is -0.825. The van der Waals surface area contributed by atoms with Gasteiger partial charge in [0.15, 0.2) is 5.01 Å². The normalized spacial score (nSPS) is 14.2. The Morgan fingerprint density at radius 3 is 2.67 bits per heavy atom. The van der Waals surface area contributed by atoms with Crippen LogP contribution in [0, 0.1) is 0 Å². The number of hydrazine groups is 1. The smallest absolute Gasteiger partial charge is 0.271 e. The fourth-order valence-electron chi connectivity index (χ4n) is 1.18. The number of nitrogens with zero attached hydrogens (tertiary/aromatic N) is 1. The molecule has 3 nitrogen and oxygen atoms in total. The second-order valence-electron chi connectivity index (χ2n) is 3.07. The van der Waals surface area contributed by atoms with Gasteiger partial charge in [0.1, 0.15) is 0 Å². The first-order valence-electron chi connectivity index (χ1n) is 4.48. The summed E-state index contributed by atoms with van der Waals surface area (Å²) in [5.41, 5.74) is 2.49. The molecule has 86 valence electrons. The Bertz CT molecular complexity index is 310. The molecule has 3 N–H and O–H groups in total. The summed E-state index contributed by atoms with van der Waals surface area (Å²) < 4.78 is 36.8. The molecule has 0 saturated carbocycles. The van der Waals surface area contributed by atoms with Crippen LogP contribution in [0.15, 0.2) is 6.20 Å². The van der Waals surface area contributed by atoms with Crippen molar-refractivity contribution < 1.29 is 13.2 Å². The lowest BCUT2D eigenvalue weighted by atomic mass is 10.1. The Morgan fingerprint density at radius 2 is 2.27 bits per heavy atom. The summed E-state index contributed by atoms with van der Waals surface area (Å²) in [5.74, 6) is 5.26. The molecule has 1 unspecified atom stereocenters. The Kier molecular flexibility index (Phi) is 4.06. The molecule has 0 spiro atoms. The highest BCUT2D eigenvalue weighted by Gasteiger charge is 2.35. The van der Waals surface area contributed by atoms with E-state index in [4.69, 9.17) is 5.84 Å². The van der Waals surface area contributed by atoms with E-state index in [0.29, 0.717) is 22.6 Å². The lowest BCUT2D eigenvalue weighted by Crippen LogP contribution is -2.27. The SMILES string of the molecule is CCCC(NN)c1cnc(C(F)(F)F)s1. The topological polar surface area (TPSA) is 50.9 Å². The molecule has 1 rings (SSSR count). The fraction of sp³-hybridized carbons (Fsp3) is 0.625. The lowest BCUT2D eigenvalue weighted by Gasteiger charge is -2.11. The van der Waals surface area contributed by atoms with Gasteiger partial charge in [-0.3, -0.25) is 11.3 Å². The van der Waals surface area contributed by atoms with Crippen LogP contribution in [0.25, 0.3) is 0 Å². The largest absolute Gasteiger partial charge is 0.443 e. The van der Waals surface area contributed by atoms with Crippen LogP contribution >= 0.6 is 11.3 Å². The van der Waals surface area contributed by atoms with Crippen molar-refractivity contribution in [2.24, 2.45) is 5.84 Å². The van der Waals surface area contributed by atoms with E-state index in [0.717, 1.165) is 6.42 Å². The summed E-state index contributed by atoms with van der Waals surface area (Å²) in [7, 11) is 0. The standard InChI is InChI=1S/C8H12F3N3S/c1-2-3-5(14-12)6-4-13-7(15-6)8(9,10)11/h4-5,14H,2-3,12H2,1H3. The summed E-state index contributed by atoms with van der Waals surface area (Å²) in [6.07, 6.45) is -1.61. The number of hydrogen-bond acceptors (Lipinski definition) is 4. The van der Waals surface area contributed by atoms with Crippen LogP contribution in [0.1, 0.15) is 35.7 Å². The van der Waals surface area contributed by atoms with Gasteiger partial charge >= 0.3 is 6.18 Å². The monoisotopic (exact) mass is 239 g/mol. The third-order valence-electron chi connectivity index (χ3n) is 1.89. The van der Waals surface area contributed by atoms with E-state index in [1.54, 1.807) is 0 Å². The first-order valence-corrected chi connectivity index (χ1v) is 5.29. The maximum Gasteiger partial charge on any atom is 0.443 e. The molecule has 1 heterocycles. The van der Waals surface area contributed by atoms with Crippen LogP contribution in [0.3, 0.4) is 0 Å². The first-order chi connectivity index (χ1) is 6.99. The maximum absolute atomic E-state index is 12.3. The zero-order valence-corrected chi connectivity index (χ0v) is 8.95. The molecular weight excluding hydrogens is 227 g/mol. The van der Waals surface area contributed by atoms with Gasteiger partial charge in [-0.2, -0.15) is 13.2 Å². The minimum absolute atomic E-state index is 0.247. The van der Waals surface area contributed by atoms with Gasteiger partial charge in [-0.25, -0.2) is 4.98 Å². The molecule has 0 aromatic carbocycles. The van der Waals surface area contributed by atoms with E-state index in [-0.39, 0.29) is 6.04 Å². The van der Waals surface area contributed by atoms with Gasteiger partial charge < -0.3 is 0 Å². The van der Waals surface area contributed by atoms with Gasteiger partial charge in [0.2, 0.25) is 0 Å². The van der Waals surface area contributed by atoms with E-state index >= 15 is 0 Å². The van der Waals surface area contributed by atoms with Crippen molar-refractivity contribution in [3.8, 4) is 0 Å². The molecule has 0 amide bonds. The van der Waals surface area contributed by atoms with E-state index in [1.165, 1.54) is 6.20 Å². The average molecular weight is 239 g/mol. The number of halogens is 3. The summed E-state index contributed by atoms with van der Waals surface area (Å²) in [6.45, 7) is 1.94. The predicted molar refractivity (Wildman–Crippen MR) is 52.1 cm³/mol. The number of hydrogen-bond donors (Lipinski definition) is 2. The Balaban J connectivity index is 2.82. The highest BCUT2D eigenvalue weighted by molar-refractivity contribution is 7.11. The van der Waals surface area contributed by atoms with Gasteiger partial charge in [0.25, 0.3) is 0 Å². The van der Waals surface area contributed by atoms with Gasteiger partial charge in [-0.1, -0.05) is 13.3 Å². The average Bonchev–Trinajstić information content (AvgIpc) is 2.62. The zero-order valence-electron chi connectivity index (χ0n) is 8.14. The van der Waals surface area contributed by atoms with Crippen LogP contribution in [0.5, 0.6) is 0 Å². The molecule has 0 bridgehead atoms. The number of alkyl halides is 3. The Morgan fingerprint density at radius 1 is 1.60 bits per heavy atom. The molecule has 15 heavy (non-hydrogen) atoms. The number of nitrogens with two attached hydrogens (primary N) is 1. The highest BCUT2D eigenvalue weighted by Crippen LogP contribution is 2.34. The Hall–Kier alpha value is -0.660. The van der Waals surface area contributed by atoms with Crippen LogP contribution in [-0.4, -0.2) is 4.98 Å². The van der Waals surface area contributed by atoms with E-state index in [9.17, 15) is 13.2 Å². The summed E-state index contributed by atoms with van der Waals surface area (Å²) >= 11 is 0.634. The molecule has 0 aliphatic heterocycles. The minimum Gasteiger partial charge on any atom is -0.271 e. The van der Waals surface area contributed by atoms with Crippen molar-refractivity contribution in [2.75, 3.05) is 0 Å².